The SMILES string of the molecule is Cn1nnc(NC(=O)COc2cccc3ccccc23)n1. The first-order valence-corrected chi connectivity index (χ1v) is 6.37. The number of aryl methyl sites for hydroxylation is 1. The molecule has 21 heavy (non-hydrogen) atoms. The largest absolute Gasteiger partial charge is 0.483 e. The van der Waals surface area contributed by atoms with Crippen molar-refractivity contribution in [1.29, 1.82) is 0 Å². The Labute approximate surface area is 120 Å². The maximum absolute atomic E-state index is 11.8. The molecule has 0 aliphatic heterocycles. The second-order valence-electron chi connectivity index (χ2n) is 4.42. The fourth-order valence-electron chi connectivity index (χ4n) is 1.96. The summed E-state index contributed by atoms with van der Waals surface area (Å²) in [5.41, 5.74) is 0. The van der Waals surface area contributed by atoms with Gasteiger partial charge < -0.3 is 4.74 Å². The zero-order valence-electron chi connectivity index (χ0n) is 11.4. The first kappa shape index (κ1) is 13.0. The van der Waals surface area contributed by atoms with Crippen LogP contribution >= 0.6 is 0 Å². The number of anilines is 1. The fraction of sp³-hybridized carbons (Fsp3) is 0.143. The lowest BCUT2D eigenvalue weighted by Gasteiger charge is -2.08. The Bertz CT molecular complexity index is 778. The third-order valence-corrected chi connectivity index (χ3v) is 2.87. The van der Waals surface area contributed by atoms with Crippen LogP contribution in [0.3, 0.4) is 0 Å². The molecule has 0 saturated carbocycles. The van der Waals surface area contributed by atoms with E-state index in [9.17, 15) is 4.79 Å². The van der Waals surface area contributed by atoms with Crippen LogP contribution < -0.4 is 10.1 Å². The van der Waals surface area contributed by atoms with Crippen LogP contribution in [0.4, 0.5) is 5.95 Å². The highest BCUT2D eigenvalue weighted by Gasteiger charge is 2.08. The number of carbonyl (C=O) groups excluding carboxylic acids is 1. The zero-order chi connectivity index (χ0) is 14.7. The van der Waals surface area contributed by atoms with Gasteiger partial charge in [-0.2, -0.15) is 4.80 Å². The number of nitrogens with zero attached hydrogens (tertiary/aromatic N) is 4. The molecule has 7 nitrogen and oxygen atoms in total. The molecule has 0 saturated heterocycles. The normalized spacial score (nSPS) is 10.5. The monoisotopic (exact) mass is 283 g/mol. The molecule has 1 heterocycles. The molecule has 0 fully saturated rings. The molecule has 3 aromatic rings. The van der Waals surface area contributed by atoms with Gasteiger partial charge in [0, 0.05) is 5.39 Å². The molecule has 2 aromatic carbocycles. The highest BCUT2D eigenvalue weighted by molar-refractivity contribution is 5.91. The van der Waals surface area contributed by atoms with Crippen molar-refractivity contribution in [2.75, 3.05) is 11.9 Å². The fourth-order valence-corrected chi connectivity index (χ4v) is 1.96. The molecule has 1 N–H and O–H groups in total. The molecule has 1 amide bonds. The lowest BCUT2D eigenvalue weighted by atomic mass is 10.1. The van der Waals surface area contributed by atoms with E-state index in [-0.39, 0.29) is 18.5 Å². The predicted molar refractivity (Wildman–Crippen MR) is 76.9 cm³/mol. The van der Waals surface area contributed by atoms with Crippen molar-refractivity contribution in [2.45, 2.75) is 0 Å². The van der Waals surface area contributed by atoms with Gasteiger partial charge in [-0.25, -0.2) is 0 Å². The number of nitrogens with one attached hydrogen (secondary N) is 1. The quantitative estimate of drug-likeness (QED) is 0.782. The van der Waals surface area contributed by atoms with Gasteiger partial charge in [0.25, 0.3) is 11.9 Å². The molecule has 0 bridgehead atoms. The molecule has 0 spiro atoms. The van der Waals surface area contributed by atoms with Crippen molar-refractivity contribution in [3.63, 3.8) is 0 Å². The van der Waals surface area contributed by atoms with E-state index in [1.54, 1.807) is 7.05 Å². The molecule has 0 aliphatic carbocycles. The van der Waals surface area contributed by atoms with Crippen LogP contribution in [0.2, 0.25) is 0 Å². The first-order valence-electron chi connectivity index (χ1n) is 6.37. The minimum absolute atomic E-state index is 0.119. The average Bonchev–Trinajstić information content (AvgIpc) is 2.90. The van der Waals surface area contributed by atoms with E-state index in [1.807, 2.05) is 42.5 Å². The van der Waals surface area contributed by atoms with Gasteiger partial charge >= 0.3 is 0 Å². The van der Waals surface area contributed by atoms with E-state index in [0.717, 1.165) is 10.8 Å². The van der Waals surface area contributed by atoms with Crippen molar-refractivity contribution in [3.05, 3.63) is 42.5 Å². The topological polar surface area (TPSA) is 81.9 Å². The predicted octanol–water partition coefficient (Wildman–Crippen LogP) is 1.38. The van der Waals surface area contributed by atoms with Crippen molar-refractivity contribution < 1.29 is 9.53 Å². The number of carbonyl (C=O) groups is 1. The summed E-state index contributed by atoms with van der Waals surface area (Å²) in [4.78, 5) is 13.0. The summed E-state index contributed by atoms with van der Waals surface area (Å²) in [7, 11) is 1.62. The molecule has 0 radical (unpaired) electrons. The van der Waals surface area contributed by atoms with E-state index < -0.39 is 0 Å². The van der Waals surface area contributed by atoms with Crippen LogP contribution in [0.1, 0.15) is 0 Å². The number of benzene rings is 2. The Balaban J connectivity index is 1.67. The van der Waals surface area contributed by atoms with Gasteiger partial charge in [-0.3, -0.25) is 10.1 Å². The Morgan fingerprint density at radius 2 is 2.05 bits per heavy atom. The summed E-state index contributed by atoms with van der Waals surface area (Å²) in [5, 5.41) is 15.7. The summed E-state index contributed by atoms with van der Waals surface area (Å²) in [6.45, 7) is -0.119. The molecular weight excluding hydrogens is 270 g/mol. The summed E-state index contributed by atoms with van der Waals surface area (Å²) >= 11 is 0. The van der Waals surface area contributed by atoms with Crippen molar-refractivity contribution in [3.8, 4) is 5.75 Å². The van der Waals surface area contributed by atoms with Gasteiger partial charge in [0.1, 0.15) is 5.75 Å². The van der Waals surface area contributed by atoms with Crippen LogP contribution in [-0.4, -0.2) is 32.7 Å². The number of hydrogen-bond donors (Lipinski definition) is 1. The maximum atomic E-state index is 11.8. The standard InChI is InChI=1S/C14H13N5O2/c1-19-17-14(16-18-19)15-13(20)9-21-12-8-4-6-10-5-2-3-7-11(10)12/h2-8H,9H2,1H3,(H,15,17,20). The van der Waals surface area contributed by atoms with Gasteiger partial charge in [0.2, 0.25) is 0 Å². The number of ether oxygens (including phenoxy) is 1. The van der Waals surface area contributed by atoms with E-state index in [4.69, 9.17) is 4.74 Å². The zero-order valence-corrected chi connectivity index (χ0v) is 11.4. The van der Waals surface area contributed by atoms with E-state index in [0.29, 0.717) is 5.75 Å². The highest BCUT2D eigenvalue weighted by atomic mass is 16.5. The minimum atomic E-state index is -0.337. The van der Waals surface area contributed by atoms with Crippen LogP contribution in [-0.2, 0) is 11.8 Å². The Morgan fingerprint density at radius 3 is 2.86 bits per heavy atom. The smallest absolute Gasteiger partial charge is 0.270 e. The molecule has 0 aliphatic rings. The summed E-state index contributed by atoms with van der Waals surface area (Å²) in [6.07, 6.45) is 0. The summed E-state index contributed by atoms with van der Waals surface area (Å²) in [5.74, 6) is 0.482. The Morgan fingerprint density at radius 1 is 1.24 bits per heavy atom. The number of aromatic nitrogens is 4. The minimum Gasteiger partial charge on any atom is -0.483 e. The third kappa shape index (κ3) is 2.97. The van der Waals surface area contributed by atoms with Gasteiger partial charge in [-0.05, 0) is 16.7 Å². The van der Waals surface area contributed by atoms with Gasteiger partial charge in [-0.1, -0.05) is 41.5 Å². The number of hydrogen-bond acceptors (Lipinski definition) is 5. The Kier molecular flexibility index (Phi) is 3.46. The second-order valence-corrected chi connectivity index (χ2v) is 4.42. The average molecular weight is 283 g/mol. The maximum Gasteiger partial charge on any atom is 0.270 e. The van der Waals surface area contributed by atoms with E-state index in [1.165, 1.54) is 4.80 Å². The number of rotatable bonds is 4. The van der Waals surface area contributed by atoms with Crippen LogP contribution in [0.25, 0.3) is 10.8 Å². The molecule has 0 unspecified atom stereocenters. The first-order chi connectivity index (χ1) is 10.2. The molecule has 0 atom stereocenters. The summed E-state index contributed by atoms with van der Waals surface area (Å²) < 4.78 is 5.57. The van der Waals surface area contributed by atoms with Crippen molar-refractivity contribution >= 4 is 22.6 Å². The lowest BCUT2D eigenvalue weighted by Crippen LogP contribution is -2.21. The third-order valence-electron chi connectivity index (χ3n) is 2.87. The molecule has 106 valence electrons. The molecular formula is C14H13N5O2. The highest BCUT2D eigenvalue weighted by Crippen LogP contribution is 2.24. The van der Waals surface area contributed by atoms with Gasteiger partial charge in [0.05, 0.1) is 7.05 Å². The van der Waals surface area contributed by atoms with E-state index >= 15 is 0 Å². The van der Waals surface area contributed by atoms with Gasteiger partial charge in [0.15, 0.2) is 6.61 Å². The lowest BCUT2D eigenvalue weighted by molar-refractivity contribution is -0.118. The second kappa shape index (κ2) is 5.58. The summed E-state index contributed by atoms with van der Waals surface area (Å²) in [6, 6.07) is 13.5. The molecule has 7 heteroatoms. The number of amides is 1. The number of fused-ring (bicyclic) bond motifs is 1. The van der Waals surface area contributed by atoms with Gasteiger partial charge in [-0.15, -0.1) is 5.10 Å². The van der Waals surface area contributed by atoms with Crippen LogP contribution in [0, 0.1) is 0 Å². The molecule has 1 aromatic heterocycles. The van der Waals surface area contributed by atoms with Crippen molar-refractivity contribution in [2.24, 2.45) is 7.05 Å². The Hall–Kier alpha value is -2.96. The van der Waals surface area contributed by atoms with Crippen LogP contribution in [0.5, 0.6) is 5.75 Å². The van der Waals surface area contributed by atoms with E-state index in [2.05, 4.69) is 20.7 Å². The molecule has 3 rings (SSSR count). The van der Waals surface area contributed by atoms with Crippen LogP contribution in [0.15, 0.2) is 42.5 Å². The number of tetrazole rings is 1. The van der Waals surface area contributed by atoms with Crippen molar-refractivity contribution in [1.82, 2.24) is 20.2 Å².